The molecule has 2 nitrogen and oxygen atoms in total. The van der Waals surface area contributed by atoms with Crippen LogP contribution < -0.4 is 5.32 Å². The molecule has 1 aromatic carbocycles. The Labute approximate surface area is 77.2 Å². The molecule has 66 valence electrons. The van der Waals surface area contributed by atoms with Crippen LogP contribution in [0.5, 0.6) is 5.75 Å². The van der Waals surface area contributed by atoms with Crippen molar-refractivity contribution in [3.63, 3.8) is 0 Å². The number of benzene rings is 1. The van der Waals surface area contributed by atoms with Crippen LogP contribution in [0.4, 0.5) is 0 Å². The SMILES string of the molecule is CNCC(Cl)c1ccc(O)cc1. The number of halogens is 1. The van der Waals surface area contributed by atoms with Crippen molar-refractivity contribution < 1.29 is 5.11 Å². The maximum absolute atomic E-state index is 9.01. The van der Waals surface area contributed by atoms with Crippen molar-refractivity contribution in [2.45, 2.75) is 5.38 Å². The first-order valence-corrected chi connectivity index (χ1v) is 4.25. The summed E-state index contributed by atoms with van der Waals surface area (Å²) < 4.78 is 0. The number of alkyl halides is 1. The Bertz CT molecular complexity index is 235. The molecular formula is C9H12ClNO. The number of phenols is 1. The zero-order chi connectivity index (χ0) is 8.97. The molecule has 1 aromatic rings. The van der Waals surface area contributed by atoms with Crippen LogP contribution in [0.3, 0.4) is 0 Å². The fourth-order valence-corrected chi connectivity index (χ4v) is 1.28. The number of nitrogens with one attached hydrogen (secondary N) is 1. The fourth-order valence-electron chi connectivity index (χ4n) is 0.980. The van der Waals surface area contributed by atoms with E-state index in [1.807, 2.05) is 19.2 Å². The van der Waals surface area contributed by atoms with Crippen LogP contribution in [0.2, 0.25) is 0 Å². The van der Waals surface area contributed by atoms with Crippen LogP contribution >= 0.6 is 11.6 Å². The van der Waals surface area contributed by atoms with Gasteiger partial charge in [-0.3, -0.25) is 0 Å². The highest BCUT2D eigenvalue weighted by atomic mass is 35.5. The van der Waals surface area contributed by atoms with Crippen LogP contribution in [0, 0.1) is 0 Å². The number of rotatable bonds is 3. The lowest BCUT2D eigenvalue weighted by Crippen LogP contribution is -2.12. The molecule has 0 fully saturated rings. The second kappa shape index (κ2) is 4.33. The van der Waals surface area contributed by atoms with Crippen LogP contribution in [0.25, 0.3) is 0 Å². The number of aromatic hydroxyl groups is 1. The minimum atomic E-state index is -0.0319. The lowest BCUT2D eigenvalue weighted by atomic mass is 10.1. The van der Waals surface area contributed by atoms with Gasteiger partial charge in [-0.15, -0.1) is 11.6 Å². The quantitative estimate of drug-likeness (QED) is 0.705. The summed E-state index contributed by atoms with van der Waals surface area (Å²) >= 11 is 6.01. The minimum Gasteiger partial charge on any atom is -0.508 e. The molecule has 0 radical (unpaired) electrons. The van der Waals surface area contributed by atoms with E-state index in [4.69, 9.17) is 16.7 Å². The van der Waals surface area contributed by atoms with E-state index in [9.17, 15) is 0 Å². The molecule has 0 saturated carbocycles. The summed E-state index contributed by atoms with van der Waals surface area (Å²) in [7, 11) is 1.86. The second-order valence-corrected chi connectivity index (χ2v) is 3.14. The number of phenolic OH excluding ortho intramolecular Hbond substituents is 1. The molecule has 0 aliphatic carbocycles. The van der Waals surface area contributed by atoms with Gasteiger partial charge in [0.1, 0.15) is 5.75 Å². The Kier molecular flexibility index (Phi) is 3.38. The van der Waals surface area contributed by atoms with Crippen LogP contribution in [-0.4, -0.2) is 18.7 Å². The second-order valence-electron chi connectivity index (χ2n) is 2.62. The highest BCUT2D eigenvalue weighted by Crippen LogP contribution is 2.21. The predicted octanol–water partition coefficient (Wildman–Crippen LogP) is 1.89. The van der Waals surface area contributed by atoms with Crippen LogP contribution in [-0.2, 0) is 0 Å². The normalized spacial score (nSPS) is 12.8. The van der Waals surface area contributed by atoms with Gasteiger partial charge in [-0.2, -0.15) is 0 Å². The van der Waals surface area contributed by atoms with Gasteiger partial charge < -0.3 is 10.4 Å². The van der Waals surface area contributed by atoms with Crippen molar-refractivity contribution in [2.75, 3.05) is 13.6 Å². The van der Waals surface area contributed by atoms with E-state index in [2.05, 4.69) is 5.32 Å². The lowest BCUT2D eigenvalue weighted by Gasteiger charge is -2.08. The first kappa shape index (κ1) is 9.36. The standard InChI is InChI=1S/C9H12ClNO/c1-11-6-9(10)7-2-4-8(12)5-3-7/h2-5,9,11-12H,6H2,1H3. The zero-order valence-electron chi connectivity index (χ0n) is 6.92. The van der Waals surface area contributed by atoms with Gasteiger partial charge in [-0.05, 0) is 24.7 Å². The predicted molar refractivity (Wildman–Crippen MR) is 50.6 cm³/mol. The van der Waals surface area contributed by atoms with Crippen molar-refractivity contribution in [1.82, 2.24) is 5.32 Å². The third-order valence-electron chi connectivity index (χ3n) is 1.64. The topological polar surface area (TPSA) is 32.3 Å². The molecule has 2 N–H and O–H groups in total. The van der Waals surface area contributed by atoms with Gasteiger partial charge in [-0.1, -0.05) is 12.1 Å². The van der Waals surface area contributed by atoms with Gasteiger partial charge >= 0.3 is 0 Å². The Balaban J connectivity index is 2.68. The molecule has 0 aliphatic rings. The summed E-state index contributed by atoms with van der Waals surface area (Å²) in [5, 5.41) is 12.0. The van der Waals surface area contributed by atoms with E-state index in [0.717, 1.165) is 12.1 Å². The van der Waals surface area contributed by atoms with Gasteiger partial charge in [0.25, 0.3) is 0 Å². The summed E-state index contributed by atoms with van der Waals surface area (Å²) in [6, 6.07) is 6.93. The van der Waals surface area contributed by atoms with E-state index >= 15 is 0 Å². The average Bonchev–Trinajstić information content (AvgIpc) is 2.06. The van der Waals surface area contributed by atoms with Crippen LogP contribution in [0.15, 0.2) is 24.3 Å². The molecule has 1 atom stereocenters. The maximum Gasteiger partial charge on any atom is 0.115 e. The number of hydrogen-bond acceptors (Lipinski definition) is 2. The Morgan fingerprint density at radius 1 is 1.42 bits per heavy atom. The highest BCUT2D eigenvalue weighted by molar-refractivity contribution is 6.21. The molecule has 0 amide bonds. The Morgan fingerprint density at radius 3 is 2.50 bits per heavy atom. The van der Waals surface area contributed by atoms with Gasteiger partial charge in [0.15, 0.2) is 0 Å². The van der Waals surface area contributed by atoms with Crippen molar-refractivity contribution in [3.8, 4) is 5.75 Å². The van der Waals surface area contributed by atoms with E-state index < -0.39 is 0 Å². The molecular weight excluding hydrogens is 174 g/mol. The van der Waals surface area contributed by atoms with Gasteiger partial charge in [0, 0.05) is 6.54 Å². The number of likely N-dealkylation sites (N-methyl/N-ethyl adjacent to an activating group) is 1. The Hall–Kier alpha value is -0.730. The summed E-state index contributed by atoms with van der Waals surface area (Å²) in [6.07, 6.45) is 0. The largest absolute Gasteiger partial charge is 0.508 e. The fraction of sp³-hybridized carbons (Fsp3) is 0.333. The first-order chi connectivity index (χ1) is 5.74. The van der Waals surface area contributed by atoms with Gasteiger partial charge in [0.2, 0.25) is 0 Å². The molecule has 0 heterocycles. The third-order valence-corrected chi connectivity index (χ3v) is 2.04. The van der Waals surface area contributed by atoms with E-state index in [1.165, 1.54) is 0 Å². The van der Waals surface area contributed by atoms with Crippen molar-refractivity contribution in [2.24, 2.45) is 0 Å². The molecule has 3 heteroatoms. The molecule has 1 unspecified atom stereocenters. The summed E-state index contributed by atoms with van der Waals surface area (Å²) in [5.41, 5.74) is 1.02. The van der Waals surface area contributed by atoms with E-state index in [0.29, 0.717) is 0 Å². The van der Waals surface area contributed by atoms with E-state index in [1.54, 1.807) is 12.1 Å². The monoisotopic (exact) mass is 185 g/mol. The number of hydrogen-bond donors (Lipinski definition) is 2. The Morgan fingerprint density at radius 2 is 2.00 bits per heavy atom. The summed E-state index contributed by atoms with van der Waals surface area (Å²) in [5.74, 6) is 0.270. The van der Waals surface area contributed by atoms with Crippen molar-refractivity contribution in [3.05, 3.63) is 29.8 Å². The summed E-state index contributed by atoms with van der Waals surface area (Å²) in [6.45, 7) is 0.729. The average molecular weight is 186 g/mol. The molecule has 0 spiro atoms. The third kappa shape index (κ3) is 2.40. The highest BCUT2D eigenvalue weighted by Gasteiger charge is 2.05. The lowest BCUT2D eigenvalue weighted by molar-refractivity contribution is 0.475. The molecule has 0 aliphatic heterocycles. The zero-order valence-corrected chi connectivity index (χ0v) is 7.67. The van der Waals surface area contributed by atoms with Crippen molar-refractivity contribution >= 4 is 11.6 Å². The van der Waals surface area contributed by atoms with Crippen LogP contribution in [0.1, 0.15) is 10.9 Å². The van der Waals surface area contributed by atoms with Gasteiger partial charge in [-0.25, -0.2) is 0 Å². The smallest absolute Gasteiger partial charge is 0.115 e. The molecule has 0 saturated heterocycles. The van der Waals surface area contributed by atoms with E-state index in [-0.39, 0.29) is 11.1 Å². The van der Waals surface area contributed by atoms with Gasteiger partial charge in [0.05, 0.1) is 5.38 Å². The first-order valence-electron chi connectivity index (χ1n) is 3.81. The molecule has 1 rings (SSSR count). The summed E-state index contributed by atoms with van der Waals surface area (Å²) in [4.78, 5) is 0. The minimum absolute atomic E-state index is 0.0319. The molecule has 12 heavy (non-hydrogen) atoms. The molecule has 0 aromatic heterocycles. The molecule has 0 bridgehead atoms. The maximum atomic E-state index is 9.01. The van der Waals surface area contributed by atoms with Crippen molar-refractivity contribution in [1.29, 1.82) is 0 Å².